The molecular formula is C69H55N8+. The van der Waals surface area contributed by atoms with Gasteiger partial charge in [-0.25, -0.2) is 9.97 Å². The molecule has 0 fully saturated rings. The van der Waals surface area contributed by atoms with Gasteiger partial charge in [-0.15, -0.1) is 0 Å². The number of rotatable bonds is 9. The predicted molar refractivity (Wildman–Crippen MR) is 312 cm³/mol. The average Bonchev–Trinajstić information content (AvgIpc) is 4.27. The summed E-state index contributed by atoms with van der Waals surface area (Å²) in [4.78, 5) is 19.1. The fourth-order valence-corrected chi connectivity index (χ4v) is 12.7. The van der Waals surface area contributed by atoms with E-state index in [0.717, 1.165) is 118 Å². The molecule has 3 aromatic heterocycles. The lowest BCUT2D eigenvalue weighted by Crippen LogP contribution is -2.41. The Balaban J connectivity index is 0.938. The maximum Gasteiger partial charge on any atom is 0.238 e. The van der Waals surface area contributed by atoms with Crippen LogP contribution in [0.2, 0.25) is 0 Å². The molecule has 6 aliphatic rings. The van der Waals surface area contributed by atoms with Crippen molar-refractivity contribution in [1.82, 2.24) is 24.4 Å². The molecule has 0 bridgehead atoms. The van der Waals surface area contributed by atoms with Crippen molar-refractivity contribution >= 4 is 34.3 Å². The minimum absolute atomic E-state index is 0.0325. The van der Waals surface area contributed by atoms with Crippen LogP contribution in [-0.2, 0) is 12.8 Å². The van der Waals surface area contributed by atoms with Gasteiger partial charge in [-0.1, -0.05) is 146 Å². The molecule has 15 rings (SSSR count). The first-order chi connectivity index (χ1) is 38.2. The first-order valence-electron chi connectivity index (χ1n) is 27.2. The first-order valence-corrected chi connectivity index (χ1v) is 27.2. The van der Waals surface area contributed by atoms with Crippen molar-refractivity contribution in [1.29, 1.82) is 0 Å². The number of aliphatic imine (C=N–C) groups is 1. The van der Waals surface area contributed by atoms with Crippen LogP contribution in [0.25, 0.3) is 73.8 Å². The van der Waals surface area contributed by atoms with Gasteiger partial charge in [0.05, 0.1) is 40.2 Å². The van der Waals surface area contributed by atoms with Crippen LogP contribution >= 0.6 is 0 Å². The van der Waals surface area contributed by atoms with Gasteiger partial charge in [-0.05, 0) is 121 Å². The van der Waals surface area contributed by atoms with E-state index in [4.69, 9.17) is 15.0 Å². The summed E-state index contributed by atoms with van der Waals surface area (Å²) in [6, 6.07) is 59.1. The number of imidazole rings is 2. The summed E-state index contributed by atoms with van der Waals surface area (Å²) >= 11 is 0. The Hall–Kier alpha value is -9.40. The lowest BCUT2D eigenvalue weighted by Gasteiger charge is -2.31. The zero-order valence-corrected chi connectivity index (χ0v) is 42.6. The number of para-hydroxylation sites is 4. The van der Waals surface area contributed by atoms with Gasteiger partial charge in [0.2, 0.25) is 11.4 Å². The summed E-state index contributed by atoms with van der Waals surface area (Å²) in [5.41, 5.74) is 20.6. The van der Waals surface area contributed by atoms with Gasteiger partial charge in [0, 0.05) is 64.3 Å². The molecule has 4 aliphatic carbocycles. The van der Waals surface area contributed by atoms with E-state index in [1.165, 1.54) is 39.2 Å². The van der Waals surface area contributed by atoms with Gasteiger partial charge in [0.1, 0.15) is 23.2 Å². The molecule has 5 heterocycles. The third-order valence-electron chi connectivity index (χ3n) is 16.2. The molecule has 0 amide bonds. The van der Waals surface area contributed by atoms with E-state index in [1.54, 1.807) is 0 Å². The monoisotopic (exact) mass is 995 g/mol. The van der Waals surface area contributed by atoms with Crippen molar-refractivity contribution in [3.63, 3.8) is 0 Å². The number of benzene rings is 6. The topological polar surface area (TPSA) is 67.2 Å². The van der Waals surface area contributed by atoms with E-state index in [1.807, 2.05) is 0 Å². The minimum Gasteiger partial charge on any atom is -0.376 e. The predicted octanol–water partition coefficient (Wildman–Crippen LogP) is 13.9. The molecule has 8 nitrogen and oxygen atoms in total. The first kappa shape index (κ1) is 45.0. The second kappa shape index (κ2) is 18.8. The quantitative estimate of drug-likeness (QED) is 0.146. The highest BCUT2D eigenvalue weighted by atomic mass is 15.3. The Morgan fingerprint density at radius 2 is 1.32 bits per heavy atom. The second-order valence-electron chi connectivity index (χ2n) is 20.7. The molecule has 370 valence electrons. The lowest BCUT2D eigenvalue weighted by atomic mass is 9.78. The van der Waals surface area contributed by atoms with Crippen LogP contribution in [0, 0.1) is 5.92 Å². The molecule has 8 heteroatoms. The number of aromatic nitrogens is 5. The van der Waals surface area contributed by atoms with E-state index in [9.17, 15) is 0 Å². The van der Waals surface area contributed by atoms with E-state index in [0.29, 0.717) is 5.92 Å². The average molecular weight is 996 g/mol. The van der Waals surface area contributed by atoms with Gasteiger partial charge in [-0.2, -0.15) is 4.57 Å². The number of anilines is 1. The van der Waals surface area contributed by atoms with Crippen LogP contribution in [0.3, 0.4) is 0 Å². The molecule has 6 aromatic carbocycles. The van der Waals surface area contributed by atoms with Crippen molar-refractivity contribution in [3.8, 4) is 51.0 Å². The summed E-state index contributed by atoms with van der Waals surface area (Å²) in [6.45, 7) is 0.790. The Morgan fingerprint density at radius 1 is 0.584 bits per heavy atom. The van der Waals surface area contributed by atoms with Crippen LogP contribution < -0.4 is 14.8 Å². The number of fused-ring (bicyclic) bond motifs is 5. The molecule has 3 unspecified atom stereocenters. The normalized spacial score (nSPS) is 18.9. The van der Waals surface area contributed by atoms with Crippen molar-refractivity contribution in [2.75, 3.05) is 11.4 Å². The SMILES string of the molecule is C1=CCC(C2=CCNC3=C2CCc2c(-c4ccccc4)cc[n+](-c4cccc(-n5c(-c6cc(C7=NC8C=CC=CC8N7c7ccccc7)cc(-c7nc8c(n7-c7ccccc7)C=CCC8)c6)nc6ccccc65)c4)c23)C=C1. The molecule has 0 spiro atoms. The highest BCUT2D eigenvalue weighted by molar-refractivity contribution is 6.13. The smallest absolute Gasteiger partial charge is 0.238 e. The second-order valence-corrected chi connectivity index (χ2v) is 20.7. The molecule has 0 radical (unpaired) electrons. The van der Waals surface area contributed by atoms with E-state index in [2.05, 4.69) is 261 Å². The Morgan fingerprint density at radius 3 is 2.16 bits per heavy atom. The van der Waals surface area contributed by atoms with Crippen LogP contribution in [-0.4, -0.2) is 43.6 Å². The van der Waals surface area contributed by atoms with Crippen LogP contribution in [0.15, 0.2) is 247 Å². The zero-order chi connectivity index (χ0) is 50.8. The number of pyridine rings is 1. The minimum atomic E-state index is -0.0390. The highest BCUT2D eigenvalue weighted by Crippen LogP contribution is 2.43. The van der Waals surface area contributed by atoms with Gasteiger partial charge in [0.15, 0.2) is 6.20 Å². The van der Waals surface area contributed by atoms with Gasteiger partial charge < -0.3 is 10.2 Å². The summed E-state index contributed by atoms with van der Waals surface area (Å²) in [5, 5.41) is 3.93. The largest absolute Gasteiger partial charge is 0.376 e. The fraction of sp³-hybridized carbons (Fsp3) is 0.130. The van der Waals surface area contributed by atoms with Crippen LogP contribution in [0.1, 0.15) is 47.5 Å². The lowest BCUT2D eigenvalue weighted by molar-refractivity contribution is -0.599. The molecule has 1 N–H and O–H groups in total. The molecule has 0 saturated heterocycles. The molecule has 2 aliphatic heterocycles. The van der Waals surface area contributed by atoms with Crippen LogP contribution in [0.4, 0.5) is 5.69 Å². The zero-order valence-electron chi connectivity index (χ0n) is 42.6. The van der Waals surface area contributed by atoms with Gasteiger partial charge in [-0.3, -0.25) is 14.1 Å². The number of aryl methyl sites for hydroxylation is 1. The fourth-order valence-electron chi connectivity index (χ4n) is 12.7. The number of hydrogen-bond acceptors (Lipinski definition) is 5. The number of hydrogen-bond donors (Lipinski definition) is 1. The van der Waals surface area contributed by atoms with E-state index >= 15 is 0 Å². The summed E-state index contributed by atoms with van der Waals surface area (Å²) < 4.78 is 7.12. The Kier molecular flexibility index (Phi) is 11.0. The number of amidine groups is 1. The van der Waals surface area contributed by atoms with Crippen molar-refractivity contribution in [2.24, 2.45) is 10.9 Å². The molecular weight excluding hydrogens is 941 g/mol. The summed E-state index contributed by atoms with van der Waals surface area (Å²) in [6.07, 6.45) is 31.9. The van der Waals surface area contributed by atoms with Gasteiger partial charge in [0.25, 0.3) is 0 Å². The molecule has 77 heavy (non-hydrogen) atoms. The number of nitrogens with zero attached hydrogens (tertiary/aromatic N) is 7. The molecule has 9 aromatic rings. The van der Waals surface area contributed by atoms with Crippen molar-refractivity contribution in [3.05, 3.63) is 270 Å². The third kappa shape index (κ3) is 7.73. The summed E-state index contributed by atoms with van der Waals surface area (Å²) in [7, 11) is 0. The number of allylic oxidation sites excluding steroid dienone is 9. The van der Waals surface area contributed by atoms with Crippen molar-refractivity contribution < 1.29 is 4.57 Å². The van der Waals surface area contributed by atoms with Crippen LogP contribution in [0.5, 0.6) is 0 Å². The van der Waals surface area contributed by atoms with Crippen molar-refractivity contribution in [2.45, 2.75) is 44.2 Å². The maximum atomic E-state index is 5.59. The third-order valence-corrected chi connectivity index (χ3v) is 16.2. The molecule has 0 saturated carbocycles. The highest BCUT2D eigenvalue weighted by Gasteiger charge is 2.38. The Bertz CT molecular complexity index is 4090. The summed E-state index contributed by atoms with van der Waals surface area (Å²) in [5.74, 6) is 3.01. The van der Waals surface area contributed by atoms with Gasteiger partial charge >= 0.3 is 0 Å². The number of nitrogens with one attached hydrogen (secondary N) is 1. The Labute approximate surface area is 448 Å². The van der Waals surface area contributed by atoms with E-state index < -0.39 is 0 Å². The van der Waals surface area contributed by atoms with E-state index in [-0.39, 0.29) is 12.1 Å². The number of dihydropyridines is 1. The maximum absolute atomic E-state index is 5.59. The standard InChI is InChI=1S/C69H55N8/c1-5-20-46(21-6-1)55-38-40-70-65-57(55)36-37-58-56(47-22-7-2-8-23-47)39-41-74(66(58)65)53-28-19-29-54(45-53)77-64-35-18-15-32-61(64)73-69(77)50-43-48(67-71-59-30-13-16-33-62(59)75(67)51-24-9-3-10-25-51)42-49(44-50)68-72-60-31-14-17-34-63(60)76(68)52-26-11-4-12-27-52/h1-13,15-20,22-30,32-35,38-39,41-46,59,62,70H,14,21,31,36-37,40H2/q+1. The molecule has 3 atom stereocenters.